The Labute approximate surface area is 88.5 Å². The van der Waals surface area contributed by atoms with Crippen LogP contribution in [0.1, 0.15) is 6.92 Å². The zero-order valence-corrected chi connectivity index (χ0v) is 8.69. The van der Waals surface area contributed by atoms with Gasteiger partial charge in [-0.3, -0.25) is 9.59 Å². The lowest BCUT2D eigenvalue weighted by atomic mass is 10.2. The second-order valence-corrected chi connectivity index (χ2v) is 3.08. The van der Waals surface area contributed by atoms with Crippen molar-refractivity contribution < 1.29 is 14.7 Å². The molecule has 0 rings (SSSR count). The molecule has 0 bridgehead atoms. The summed E-state index contributed by atoms with van der Waals surface area (Å²) < 4.78 is 0. The predicted octanol–water partition coefficient (Wildman–Crippen LogP) is -1.89. The fraction of sp³-hybridized carbons (Fsp3) is 0.556. The maximum absolute atomic E-state index is 11.3. The van der Waals surface area contributed by atoms with Crippen LogP contribution in [0.2, 0.25) is 0 Å². The first-order valence-corrected chi connectivity index (χ1v) is 4.58. The lowest BCUT2D eigenvalue weighted by molar-refractivity contribution is -0.127. The molecule has 2 amide bonds. The third-order valence-electron chi connectivity index (χ3n) is 1.76. The zero-order chi connectivity index (χ0) is 11.8. The first-order valence-electron chi connectivity index (χ1n) is 4.58. The molecule has 2 unspecified atom stereocenters. The first kappa shape index (κ1) is 13.6. The number of amides is 2. The minimum Gasteiger partial charge on any atom is -0.382 e. The molecule has 0 radical (unpaired) electrons. The molecule has 0 spiro atoms. The lowest BCUT2D eigenvalue weighted by Crippen LogP contribution is -2.47. The third kappa shape index (κ3) is 5.82. The number of hydrogen-bond donors (Lipinski definition) is 4. The van der Waals surface area contributed by atoms with Crippen LogP contribution in [0.4, 0.5) is 0 Å². The third-order valence-corrected chi connectivity index (χ3v) is 1.76. The molecule has 6 nitrogen and oxygen atoms in total. The molecule has 0 heterocycles. The summed E-state index contributed by atoms with van der Waals surface area (Å²) in [4.78, 5) is 21.7. The summed E-state index contributed by atoms with van der Waals surface area (Å²) in [6, 6.07) is -0.501. The van der Waals surface area contributed by atoms with E-state index < -0.39 is 18.1 Å². The molecule has 0 aromatic carbocycles. The minimum atomic E-state index is -1.28. The highest BCUT2D eigenvalue weighted by Crippen LogP contribution is 1.84. The van der Waals surface area contributed by atoms with Gasteiger partial charge in [-0.2, -0.15) is 0 Å². The molecule has 0 aromatic rings. The van der Waals surface area contributed by atoms with Crippen molar-refractivity contribution in [1.82, 2.24) is 10.6 Å². The van der Waals surface area contributed by atoms with Crippen LogP contribution in [0.15, 0.2) is 12.7 Å². The molecular formula is C9H17N3O3. The maximum Gasteiger partial charge on any atom is 0.247 e. The quantitative estimate of drug-likeness (QED) is 0.373. The number of aliphatic hydroxyl groups excluding tert-OH is 1. The van der Waals surface area contributed by atoms with Crippen LogP contribution in [0.3, 0.4) is 0 Å². The van der Waals surface area contributed by atoms with E-state index in [0.717, 1.165) is 0 Å². The van der Waals surface area contributed by atoms with E-state index in [4.69, 9.17) is 10.8 Å². The Hall–Kier alpha value is -1.40. The average molecular weight is 215 g/mol. The number of primary amides is 1. The molecule has 0 aromatic heterocycles. The van der Waals surface area contributed by atoms with E-state index in [0.29, 0.717) is 6.54 Å². The summed E-state index contributed by atoms with van der Waals surface area (Å²) in [5.74, 6) is -1.05. The predicted molar refractivity (Wildman–Crippen MR) is 55.9 cm³/mol. The maximum atomic E-state index is 11.3. The van der Waals surface area contributed by atoms with E-state index >= 15 is 0 Å². The van der Waals surface area contributed by atoms with Gasteiger partial charge in [0, 0.05) is 13.1 Å². The summed E-state index contributed by atoms with van der Waals surface area (Å²) in [7, 11) is 0. The smallest absolute Gasteiger partial charge is 0.247 e. The van der Waals surface area contributed by atoms with Crippen molar-refractivity contribution in [1.29, 1.82) is 0 Å². The van der Waals surface area contributed by atoms with Gasteiger partial charge >= 0.3 is 0 Å². The molecule has 86 valence electrons. The number of carbonyl (C=O) groups excluding carboxylic acids is 2. The van der Waals surface area contributed by atoms with Crippen molar-refractivity contribution >= 4 is 11.8 Å². The number of aliphatic hydroxyl groups is 1. The van der Waals surface area contributed by atoms with Crippen molar-refractivity contribution in [2.45, 2.75) is 19.1 Å². The highest BCUT2D eigenvalue weighted by atomic mass is 16.3. The molecular weight excluding hydrogens is 198 g/mol. The van der Waals surface area contributed by atoms with Crippen molar-refractivity contribution in [3.05, 3.63) is 12.7 Å². The van der Waals surface area contributed by atoms with Gasteiger partial charge in [-0.15, -0.1) is 6.58 Å². The molecule has 0 saturated heterocycles. The zero-order valence-electron chi connectivity index (χ0n) is 8.69. The van der Waals surface area contributed by atoms with Crippen LogP contribution >= 0.6 is 0 Å². The number of nitrogens with one attached hydrogen (secondary N) is 2. The fourth-order valence-corrected chi connectivity index (χ4v) is 0.808. The second-order valence-electron chi connectivity index (χ2n) is 3.08. The standard InChI is InChI=1S/C9H17N3O3/c1-3-4-11-9(15)6(2)12-5-7(13)8(10)14/h3,6-7,12-13H,1,4-5H2,2H3,(H2,10,14)(H,11,15). The van der Waals surface area contributed by atoms with Crippen LogP contribution in [0.5, 0.6) is 0 Å². The summed E-state index contributed by atoms with van der Waals surface area (Å²) in [6.07, 6.45) is 0.280. The largest absolute Gasteiger partial charge is 0.382 e. The van der Waals surface area contributed by atoms with Gasteiger partial charge in [-0.1, -0.05) is 6.08 Å². The Morgan fingerprint density at radius 2 is 2.20 bits per heavy atom. The molecule has 5 N–H and O–H groups in total. The van der Waals surface area contributed by atoms with Crippen LogP contribution in [-0.4, -0.2) is 42.2 Å². The Morgan fingerprint density at radius 3 is 2.67 bits per heavy atom. The van der Waals surface area contributed by atoms with Crippen LogP contribution in [0, 0.1) is 0 Å². The Bertz CT molecular complexity index is 243. The van der Waals surface area contributed by atoms with Crippen molar-refractivity contribution in [3.8, 4) is 0 Å². The van der Waals surface area contributed by atoms with Gasteiger partial charge in [0.2, 0.25) is 11.8 Å². The van der Waals surface area contributed by atoms with Crippen LogP contribution in [0.25, 0.3) is 0 Å². The number of rotatable bonds is 7. The minimum absolute atomic E-state index is 0.0436. The normalized spacial score (nSPS) is 14.0. The van der Waals surface area contributed by atoms with Gasteiger partial charge in [0.25, 0.3) is 0 Å². The summed E-state index contributed by atoms with van der Waals surface area (Å²) in [5.41, 5.74) is 4.84. The fourth-order valence-electron chi connectivity index (χ4n) is 0.808. The lowest BCUT2D eigenvalue weighted by Gasteiger charge is -2.14. The van der Waals surface area contributed by atoms with E-state index in [1.165, 1.54) is 0 Å². The van der Waals surface area contributed by atoms with Gasteiger partial charge in [0.15, 0.2) is 0 Å². The SMILES string of the molecule is C=CCNC(=O)C(C)NCC(O)C(N)=O. The molecule has 0 fully saturated rings. The Balaban J connectivity index is 3.82. The van der Waals surface area contributed by atoms with Crippen molar-refractivity contribution in [3.63, 3.8) is 0 Å². The Morgan fingerprint density at radius 1 is 1.60 bits per heavy atom. The van der Waals surface area contributed by atoms with Crippen molar-refractivity contribution in [2.24, 2.45) is 5.73 Å². The van der Waals surface area contributed by atoms with Gasteiger partial charge < -0.3 is 21.5 Å². The molecule has 15 heavy (non-hydrogen) atoms. The van der Waals surface area contributed by atoms with Gasteiger partial charge in [0.05, 0.1) is 6.04 Å². The molecule has 0 aliphatic carbocycles. The average Bonchev–Trinajstić information content (AvgIpc) is 2.21. The van der Waals surface area contributed by atoms with E-state index in [1.807, 2.05) is 0 Å². The summed E-state index contributed by atoms with van der Waals surface area (Å²) in [6.45, 7) is 5.40. The monoisotopic (exact) mass is 215 g/mol. The van der Waals surface area contributed by atoms with E-state index in [2.05, 4.69) is 17.2 Å². The van der Waals surface area contributed by atoms with E-state index in [-0.39, 0.29) is 12.5 Å². The highest BCUT2D eigenvalue weighted by molar-refractivity contribution is 5.82. The Kier molecular flexibility index (Phi) is 6.32. The van der Waals surface area contributed by atoms with Gasteiger partial charge in [-0.25, -0.2) is 0 Å². The molecule has 0 aliphatic heterocycles. The second kappa shape index (κ2) is 6.97. The number of hydrogen-bond acceptors (Lipinski definition) is 4. The molecule has 6 heteroatoms. The van der Waals surface area contributed by atoms with Crippen LogP contribution < -0.4 is 16.4 Å². The molecule has 2 atom stereocenters. The van der Waals surface area contributed by atoms with Crippen molar-refractivity contribution in [2.75, 3.05) is 13.1 Å². The van der Waals surface area contributed by atoms with Gasteiger partial charge in [0.1, 0.15) is 6.10 Å². The summed E-state index contributed by atoms with van der Waals surface area (Å²) >= 11 is 0. The van der Waals surface area contributed by atoms with E-state index in [1.54, 1.807) is 13.0 Å². The highest BCUT2D eigenvalue weighted by Gasteiger charge is 2.15. The number of nitrogens with two attached hydrogens (primary N) is 1. The molecule has 0 aliphatic rings. The van der Waals surface area contributed by atoms with Crippen LogP contribution in [-0.2, 0) is 9.59 Å². The topological polar surface area (TPSA) is 104 Å². The molecule has 0 saturated carbocycles. The van der Waals surface area contributed by atoms with Gasteiger partial charge in [-0.05, 0) is 6.92 Å². The first-order chi connectivity index (χ1) is 6.99. The number of carbonyl (C=O) groups is 2. The summed E-state index contributed by atoms with van der Waals surface area (Å²) in [5, 5.41) is 14.3. The van der Waals surface area contributed by atoms with E-state index in [9.17, 15) is 9.59 Å².